The van der Waals surface area contributed by atoms with E-state index in [9.17, 15) is 9.59 Å². The van der Waals surface area contributed by atoms with Crippen molar-refractivity contribution < 1.29 is 9.59 Å². The summed E-state index contributed by atoms with van der Waals surface area (Å²) >= 11 is 0. The van der Waals surface area contributed by atoms with Gasteiger partial charge in [-0.2, -0.15) is 0 Å². The van der Waals surface area contributed by atoms with E-state index in [2.05, 4.69) is 32.0 Å². The predicted molar refractivity (Wildman–Crippen MR) is 87.1 cm³/mol. The number of Topliss-reactive ketones (excluding diaryl/α,β-unsaturated/α-hetero) is 1. The number of hydrogen-bond acceptors (Lipinski definition) is 2. The van der Waals surface area contributed by atoms with Crippen LogP contribution in [0.2, 0.25) is 0 Å². The van der Waals surface area contributed by atoms with E-state index in [0.29, 0.717) is 17.8 Å². The third-order valence-electron chi connectivity index (χ3n) is 3.88. The Labute approximate surface area is 131 Å². The van der Waals surface area contributed by atoms with Crippen LogP contribution < -0.4 is 0 Å². The van der Waals surface area contributed by atoms with Crippen molar-refractivity contribution in [2.45, 2.75) is 27.3 Å². The second-order valence-corrected chi connectivity index (χ2v) is 5.87. The van der Waals surface area contributed by atoms with Gasteiger partial charge in [-0.05, 0) is 38.0 Å². The highest BCUT2D eigenvalue weighted by atomic mass is 16.2. The topological polar surface area (TPSA) is 42.3 Å². The number of aryl methyl sites for hydroxylation is 3. The van der Waals surface area contributed by atoms with Gasteiger partial charge in [0.15, 0.2) is 5.78 Å². The lowest BCUT2D eigenvalue weighted by Crippen LogP contribution is -2.28. The molecule has 2 aromatic rings. The van der Waals surface area contributed by atoms with Crippen molar-refractivity contribution in [3.63, 3.8) is 0 Å². The smallest absolute Gasteiger partial charge is 0.270 e. The normalized spacial score (nSPS) is 10.6. The van der Waals surface area contributed by atoms with Crippen molar-refractivity contribution >= 4 is 11.7 Å². The Kier molecular flexibility index (Phi) is 4.50. The van der Waals surface area contributed by atoms with Gasteiger partial charge in [-0.1, -0.05) is 23.8 Å². The van der Waals surface area contributed by atoms with Crippen LogP contribution in [-0.4, -0.2) is 28.2 Å². The summed E-state index contributed by atoms with van der Waals surface area (Å²) in [6.45, 7) is 6.16. The Balaban J connectivity index is 2.20. The largest absolute Gasteiger partial charge is 0.346 e. The third kappa shape index (κ3) is 3.27. The van der Waals surface area contributed by atoms with Crippen LogP contribution in [0.3, 0.4) is 0 Å². The number of carbonyl (C=O) groups is 2. The minimum atomic E-state index is -0.0880. The molecule has 0 aliphatic heterocycles. The molecule has 0 saturated heterocycles. The molecule has 0 radical (unpaired) electrons. The molecule has 1 aromatic carbocycles. The molecule has 4 nitrogen and oxygen atoms in total. The monoisotopic (exact) mass is 298 g/mol. The summed E-state index contributed by atoms with van der Waals surface area (Å²) in [6.07, 6.45) is 1.69. The van der Waals surface area contributed by atoms with Gasteiger partial charge in [0.2, 0.25) is 0 Å². The highest BCUT2D eigenvalue weighted by Gasteiger charge is 2.18. The van der Waals surface area contributed by atoms with Gasteiger partial charge in [0, 0.05) is 32.4 Å². The molecule has 1 heterocycles. The van der Waals surface area contributed by atoms with Gasteiger partial charge in [-0.15, -0.1) is 0 Å². The number of carbonyl (C=O) groups excluding carboxylic acids is 2. The maximum atomic E-state index is 12.6. The van der Waals surface area contributed by atoms with Crippen LogP contribution in [0.4, 0.5) is 0 Å². The van der Waals surface area contributed by atoms with Crippen molar-refractivity contribution in [2.24, 2.45) is 7.05 Å². The fourth-order valence-electron chi connectivity index (χ4n) is 2.52. The van der Waals surface area contributed by atoms with Gasteiger partial charge in [0.1, 0.15) is 5.69 Å². The maximum Gasteiger partial charge on any atom is 0.270 e. The average Bonchev–Trinajstić information content (AvgIpc) is 2.83. The second-order valence-electron chi connectivity index (χ2n) is 5.87. The molecule has 0 unspecified atom stereocenters. The standard InChI is InChI=1S/C18H22N2O2/c1-12-6-7-15(13(2)8-12)10-20(5)18(22)17-9-16(14(3)21)11-19(17)4/h6-9,11H,10H2,1-5H3. The number of benzene rings is 1. The van der Waals surface area contributed by atoms with E-state index in [1.54, 1.807) is 35.8 Å². The number of aromatic nitrogens is 1. The van der Waals surface area contributed by atoms with Gasteiger partial charge >= 0.3 is 0 Å². The summed E-state index contributed by atoms with van der Waals surface area (Å²) in [5, 5.41) is 0. The summed E-state index contributed by atoms with van der Waals surface area (Å²) in [5.74, 6) is -0.123. The molecule has 116 valence electrons. The first-order valence-corrected chi connectivity index (χ1v) is 7.28. The molecule has 0 N–H and O–H groups in total. The molecular formula is C18H22N2O2. The SMILES string of the molecule is CC(=O)c1cc(C(=O)N(C)Cc2ccc(C)cc2C)n(C)c1. The lowest BCUT2D eigenvalue weighted by molar-refractivity contribution is 0.0775. The van der Waals surface area contributed by atoms with Crippen LogP contribution in [0.5, 0.6) is 0 Å². The van der Waals surface area contributed by atoms with Crippen LogP contribution in [-0.2, 0) is 13.6 Å². The fourth-order valence-corrected chi connectivity index (χ4v) is 2.52. The highest BCUT2D eigenvalue weighted by molar-refractivity contribution is 5.99. The first kappa shape index (κ1) is 16.0. The first-order valence-electron chi connectivity index (χ1n) is 7.28. The van der Waals surface area contributed by atoms with Gasteiger partial charge in [-0.3, -0.25) is 9.59 Å². The Hall–Kier alpha value is -2.36. The molecule has 0 bridgehead atoms. The van der Waals surface area contributed by atoms with Crippen LogP contribution in [0.15, 0.2) is 30.5 Å². The van der Waals surface area contributed by atoms with E-state index < -0.39 is 0 Å². The van der Waals surface area contributed by atoms with Crippen molar-refractivity contribution in [3.05, 3.63) is 58.4 Å². The highest BCUT2D eigenvalue weighted by Crippen LogP contribution is 2.15. The van der Waals surface area contributed by atoms with E-state index in [-0.39, 0.29) is 11.7 Å². The number of ketones is 1. The zero-order chi connectivity index (χ0) is 16.4. The van der Waals surface area contributed by atoms with Crippen LogP contribution in [0, 0.1) is 13.8 Å². The predicted octanol–water partition coefficient (Wildman–Crippen LogP) is 3.12. The zero-order valence-corrected chi connectivity index (χ0v) is 13.8. The molecule has 0 saturated carbocycles. The summed E-state index contributed by atoms with van der Waals surface area (Å²) < 4.78 is 1.71. The lowest BCUT2D eigenvalue weighted by Gasteiger charge is -2.19. The summed E-state index contributed by atoms with van der Waals surface area (Å²) in [7, 11) is 3.56. The van der Waals surface area contributed by atoms with Gasteiger partial charge in [0.25, 0.3) is 5.91 Å². The minimum absolute atomic E-state index is 0.0355. The molecule has 1 aromatic heterocycles. The van der Waals surface area contributed by atoms with E-state index in [1.165, 1.54) is 18.1 Å². The third-order valence-corrected chi connectivity index (χ3v) is 3.88. The number of nitrogens with zero attached hydrogens (tertiary/aromatic N) is 2. The second kappa shape index (κ2) is 6.18. The number of rotatable bonds is 4. The molecule has 1 amide bonds. The van der Waals surface area contributed by atoms with Crippen LogP contribution in [0.1, 0.15) is 44.5 Å². The average molecular weight is 298 g/mol. The Morgan fingerprint density at radius 2 is 1.86 bits per heavy atom. The number of amides is 1. The van der Waals surface area contributed by atoms with Gasteiger partial charge in [0.05, 0.1) is 0 Å². The number of hydrogen-bond donors (Lipinski definition) is 0. The van der Waals surface area contributed by atoms with E-state index in [1.807, 2.05) is 0 Å². The van der Waals surface area contributed by atoms with E-state index in [4.69, 9.17) is 0 Å². The van der Waals surface area contributed by atoms with Gasteiger partial charge < -0.3 is 9.47 Å². The molecule has 2 rings (SSSR count). The fraction of sp³-hybridized carbons (Fsp3) is 0.333. The van der Waals surface area contributed by atoms with Crippen molar-refractivity contribution in [1.82, 2.24) is 9.47 Å². The van der Waals surface area contributed by atoms with Crippen molar-refractivity contribution in [3.8, 4) is 0 Å². The minimum Gasteiger partial charge on any atom is -0.346 e. The molecule has 0 spiro atoms. The van der Waals surface area contributed by atoms with Crippen LogP contribution >= 0.6 is 0 Å². The lowest BCUT2D eigenvalue weighted by atomic mass is 10.1. The summed E-state index contributed by atoms with van der Waals surface area (Å²) in [6, 6.07) is 7.88. The molecule has 0 fully saturated rings. The maximum absolute atomic E-state index is 12.6. The summed E-state index contributed by atoms with van der Waals surface area (Å²) in [5.41, 5.74) is 4.60. The van der Waals surface area contributed by atoms with Gasteiger partial charge in [-0.25, -0.2) is 0 Å². The van der Waals surface area contributed by atoms with E-state index in [0.717, 1.165) is 5.56 Å². The molecule has 0 aliphatic rings. The molecular weight excluding hydrogens is 276 g/mol. The quantitative estimate of drug-likeness (QED) is 0.814. The first-order chi connectivity index (χ1) is 10.3. The molecule has 0 atom stereocenters. The van der Waals surface area contributed by atoms with Crippen molar-refractivity contribution in [2.75, 3.05) is 7.05 Å². The molecule has 4 heteroatoms. The van der Waals surface area contributed by atoms with E-state index >= 15 is 0 Å². The van der Waals surface area contributed by atoms with Crippen molar-refractivity contribution in [1.29, 1.82) is 0 Å². The van der Waals surface area contributed by atoms with Crippen LogP contribution in [0.25, 0.3) is 0 Å². The molecule has 22 heavy (non-hydrogen) atoms. The zero-order valence-electron chi connectivity index (χ0n) is 13.8. The molecule has 0 aliphatic carbocycles. The summed E-state index contributed by atoms with van der Waals surface area (Å²) in [4.78, 5) is 25.7. The Morgan fingerprint density at radius 3 is 2.41 bits per heavy atom. The Morgan fingerprint density at radius 1 is 1.18 bits per heavy atom. The Bertz CT molecular complexity index is 729.